The maximum Gasteiger partial charge on any atom is 0.0596 e. The molecule has 0 saturated carbocycles. The monoisotopic (exact) mass is 225 g/mol. The van der Waals surface area contributed by atoms with Gasteiger partial charge in [0, 0.05) is 45.1 Å². The van der Waals surface area contributed by atoms with E-state index in [9.17, 15) is 0 Å². The van der Waals surface area contributed by atoms with E-state index in [-0.39, 0.29) is 0 Å². The molecule has 92 valence electrons. The molecule has 2 saturated heterocycles. The van der Waals surface area contributed by atoms with Crippen LogP contribution in [0.1, 0.15) is 32.6 Å². The van der Waals surface area contributed by atoms with Crippen molar-refractivity contribution in [2.45, 2.75) is 38.6 Å². The Morgan fingerprint density at radius 1 is 1.25 bits per heavy atom. The summed E-state index contributed by atoms with van der Waals surface area (Å²) in [5.74, 6) is 0. The van der Waals surface area contributed by atoms with E-state index < -0.39 is 0 Å². The fourth-order valence-corrected chi connectivity index (χ4v) is 2.73. The van der Waals surface area contributed by atoms with Crippen LogP contribution in [0, 0.1) is 0 Å². The molecular weight excluding hydrogens is 202 g/mol. The predicted molar refractivity (Wildman–Crippen MR) is 65.2 cm³/mol. The molecule has 0 spiro atoms. The largest absolute Gasteiger partial charge is 0.411 e. The number of oxime groups is 1. The van der Waals surface area contributed by atoms with Gasteiger partial charge in [0.1, 0.15) is 0 Å². The third-order valence-corrected chi connectivity index (χ3v) is 3.97. The first kappa shape index (κ1) is 11.9. The lowest BCUT2D eigenvalue weighted by Gasteiger charge is -2.30. The molecule has 2 aliphatic heterocycles. The first-order valence-electron chi connectivity index (χ1n) is 6.46. The fraction of sp³-hybridized carbons (Fsp3) is 0.917. The smallest absolute Gasteiger partial charge is 0.0596 e. The molecule has 0 aromatic heterocycles. The molecule has 1 atom stereocenters. The molecule has 2 rings (SSSR count). The molecule has 16 heavy (non-hydrogen) atoms. The Bertz CT molecular complexity index is 245. The van der Waals surface area contributed by atoms with Crippen molar-refractivity contribution >= 4 is 5.71 Å². The second-order valence-electron chi connectivity index (χ2n) is 5.04. The maximum absolute atomic E-state index is 8.68. The van der Waals surface area contributed by atoms with Gasteiger partial charge in [-0.15, -0.1) is 0 Å². The van der Waals surface area contributed by atoms with Gasteiger partial charge < -0.3 is 10.1 Å². The number of hydrogen-bond donors (Lipinski definition) is 1. The van der Waals surface area contributed by atoms with Crippen molar-refractivity contribution in [3.63, 3.8) is 0 Å². The molecule has 0 aromatic carbocycles. The van der Waals surface area contributed by atoms with E-state index in [1.807, 2.05) is 0 Å². The van der Waals surface area contributed by atoms with Crippen LogP contribution in [0.3, 0.4) is 0 Å². The van der Waals surface area contributed by atoms with Gasteiger partial charge in [-0.3, -0.25) is 4.90 Å². The van der Waals surface area contributed by atoms with Crippen LogP contribution in [0.25, 0.3) is 0 Å². The number of piperidine rings is 1. The Labute approximate surface area is 97.9 Å². The Kier molecular flexibility index (Phi) is 4.18. The van der Waals surface area contributed by atoms with Gasteiger partial charge in [0.25, 0.3) is 0 Å². The van der Waals surface area contributed by atoms with Gasteiger partial charge in [-0.25, -0.2) is 0 Å². The molecule has 0 aliphatic carbocycles. The van der Waals surface area contributed by atoms with Crippen LogP contribution < -0.4 is 0 Å². The predicted octanol–water partition coefficient (Wildman–Crippen LogP) is 1.40. The average molecular weight is 225 g/mol. The van der Waals surface area contributed by atoms with Crippen LogP contribution in [-0.4, -0.2) is 59.5 Å². The Hall–Kier alpha value is -0.610. The number of rotatable bonds is 3. The van der Waals surface area contributed by atoms with E-state index in [1.165, 1.54) is 32.5 Å². The molecule has 4 heteroatoms. The van der Waals surface area contributed by atoms with E-state index in [4.69, 9.17) is 5.21 Å². The second-order valence-corrected chi connectivity index (χ2v) is 5.04. The highest BCUT2D eigenvalue weighted by Gasteiger charge is 2.21. The second kappa shape index (κ2) is 5.64. The van der Waals surface area contributed by atoms with Crippen molar-refractivity contribution in [1.29, 1.82) is 0 Å². The van der Waals surface area contributed by atoms with Crippen LogP contribution in [0.15, 0.2) is 5.16 Å². The lowest BCUT2D eigenvalue weighted by atomic mass is 10.1. The van der Waals surface area contributed by atoms with Gasteiger partial charge in [0.15, 0.2) is 0 Å². The molecular formula is C12H23N3O. The zero-order valence-corrected chi connectivity index (χ0v) is 10.2. The molecule has 2 heterocycles. The molecule has 1 N–H and O–H groups in total. The van der Waals surface area contributed by atoms with Crippen molar-refractivity contribution in [3.05, 3.63) is 0 Å². The molecule has 0 aromatic rings. The lowest BCUT2D eigenvalue weighted by Crippen LogP contribution is -2.40. The summed E-state index contributed by atoms with van der Waals surface area (Å²) >= 11 is 0. The highest BCUT2D eigenvalue weighted by atomic mass is 16.4. The van der Waals surface area contributed by atoms with Crippen molar-refractivity contribution in [2.24, 2.45) is 5.16 Å². The molecule has 1 unspecified atom stereocenters. The van der Waals surface area contributed by atoms with E-state index in [2.05, 4.69) is 21.9 Å². The van der Waals surface area contributed by atoms with E-state index in [1.54, 1.807) is 0 Å². The molecule has 4 nitrogen and oxygen atoms in total. The summed E-state index contributed by atoms with van der Waals surface area (Å²) in [4.78, 5) is 5.08. The molecule has 2 fully saturated rings. The quantitative estimate of drug-likeness (QED) is 0.583. The van der Waals surface area contributed by atoms with Gasteiger partial charge in [-0.1, -0.05) is 5.16 Å². The van der Waals surface area contributed by atoms with Crippen LogP contribution in [-0.2, 0) is 0 Å². The van der Waals surface area contributed by atoms with E-state index in [0.29, 0.717) is 0 Å². The summed E-state index contributed by atoms with van der Waals surface area (Å²) in [6, 6.07) is 0.777. The van der Waals surface area contributed by atoms with Crippen LogP contribution in [0.5, 0.6) is 0 Å². The van der Waals surface area contributed by atoms with Crippen LogP contribution in [0.2, 0.25) is 0 Å². The highest BCUT2D eigenvalue weighted by Crippen LogP contribution is 2.16. The fourth-order valence-electron chi connectivity index (χ4n) is 2.73. The van der Waals surface area contributed by atoms with Gasteiger partial charge in [-0.05, 0) is 26.3 Å². The van der Waals surface area contributed by atoms with Crippen molar-refractivity contribution < 1.29 is 5.21 Å². The first-order chi connectivity index (χ1) is 7.79. The van der Waals surface area contributed by atoms with Gasteiger partial charge in [0.05, 0.1) is 5.71 Å². The zero-order valence-electron chi connectivity index (χ0n) is 10.2. The standard InChI is InChI=1S/C12H23N3O/c1-11-3-2-6-15(11)10-9-14-7-4-12(13-16)5-8-14/h11,16H,2-10H2,1H3. The van der Waals surface area contributed by atoms with Crippen molar-refractivity contribution in [2.75, 3.05) is 32.7 Å². The lowest BCUT2D eigenvalue weighted by molar-refractivity contribution is 0.197. The van der Waals surface area contributed by atoms with Crippen LogP contribution >= 0.6 is 0 Å². The van der Waals surface area contributed by atoms with Crippen molar-refractivity contribution in [3.8, 4) is 0 Å². The molecule has 0 amide bonds. The molecule has 0 radical (unpaired) electrons. The normalized spacial score (nSPS) is 28.6. The minimum atomic E-state index is 0.777. The Morgan fingerprint density at radius 3 is 2.56 bits per heavy atom. The highest BCUT2D eigenvalue weighted by molar-refractivity contribution is 5.84. The summed E-state index contributed by atoms with van der Waals surface area (Å²) in [7, 11) is 0. The summed E-state index contributed by atoms with van der Waals surface area (Å²) in [5.41, 5.74) is 0.964. The van der Waals surface area contributed by atoms with E-state index >= 15 is 0 Å². The third-order valence-electron chi connectivity index (χ3n) is 3.97. The van der Waals surface area contributed by atoms with Gasteiger partial charge in [0.2, 0.25) is 0 Å². The van der Waals surface area contributed by atoms with Gasteiger partial charge in [-0.2, -0.15) is 0 Å². The molecule has 2 aliphatic rings. The van der Waals surface area contributed by atoms with E-state index in [0.717, 1.165) is 37.7 Å². The summed E-state index contributed by atoms with van der Waals surface area (Å²) in [6.07, 6.45) is 4.60. The molecule has 0 bridgehead atoms. The number of likely N-dealkylation sites (tertiary alicyclic amines) is 2. The summed E-state index contributed by atoms with van der Waals surface area (Å²) in [6.45, 7) is 8.09. The topological polar surface area (TPSA) is 39.1 Å². The van der Waals surface area contributed by atoms with Crippen molar-refractivity contribution in [1.82, 2.24) is 9.80 Å². The van der Waals surface area contributed by atoms with Crippen LogP contribution in [0.4, 0.5) is 0 Å². The minimum absolute atomic E-state index is 0.777. The number of hydrogen-bond acceptors (Lipinski definition) is 4. The SMILES string of the molecule is CC1CCCN1CCN1CCC(=NO)CC1. The first-order valence-corrected chi connectivity index (χ1v) is 6.46. The maximum atomic E-state index is 8.68. The average Bonchev–Trinajstić information content (AvgIpc) is 2.73. The van der Waals surface area contributed by atoms with Gasteiger partial charge >= 0.3 is 0 Å². The number of nitrogens with zero attached hydrogens (tertiary/aromatic N) is 3. The summed E-state index contributed by atoms with van der Waals surface area (Å²) < 4.78 is 0. The third kappa shape index (κ3) is 2.95. The zero-order chi connectivity index (χ0) is 11.4. The Morgan fingerprint density at radius 2 is 2.00 bits per heavy atom. The summed E-state index contributed by atoms with van der Waals surface area (Å²) in [5, 5.41) is 12.0. The Balaban J connectivity index is 1.67. The minimum Gasteiger partial charge on any atom is -0.411 e.